The molecule has 0 unspecified atom stereocenters. The van der Waals surface area contributed by atoms with Crippen molar-refractivity contribution in [3.05, 3.63) is 65.7 Å². The van der Waals surface area contributed by atoms with Gasteiger partial charge in [0.05, 0.1) is 14.2 Å². The molecule has 0 saturated heterocycles. The molecule has 0 aromatic heterocycles. The topological polar surface area (TPSA) is 61.8 Å². The number of rotatable bonds is 7. The summed E-state index contributed by atoms with van der Waals surface area (Å²) in [6, 6.07) is 13.8. The maximum Gasteiger partial charge on any atom is 0.331 e. The van der Waals surface area contributed by atoms with E-state index in [1.807, 2.05) is 18.2 Å². The van der Waals surface area contributed by atoms with E-state index >= 15 is 0 Å². The molecule has 2 rings (SSSR count). The number of ether oxygens (including phenoxy) is 3. The van der Waals surface area contributed by atoms with Crippen molar-refractivity contribution in [1.29, 1.82) is 0 Å². The average molecular weight is 326 g/mol. The first kappa shape index (κ1) is 17.3. The molecular formula is C19H18O5. The Morgan fingerprint density at radius 2 is 1.67 bits per heavy atom. The van der Waals surface area contributed by atoms with Crippen LogP contribution in [-0.4, -0.2) is 32.6 Å². The van der Waals surface area contributed by atoms with E-state index in [0.717, 1.165) is 5.56 Å². The van der Waals surface area contributed by atoms with Gasteiger partial charge >= 0.3 is 5.97 Å². The maximum atomic E-state index is 11.9. The van der Waals surface area contributed by atoms with Gasteiger partial charge in [0, 0.05) is 11.6 Å². The summed E-state index contributed by atoms with van der Waals surface area (Å²) in [7, 11) is 3.12. The van der Waals surface area contributed by atoms with Crippen LogP contribution in [0.5, 0.6) is 11.5 Å². The Hall–Kier alpha value is -3.08. The highest BCUT2D eigenvalue weighted by molar-refractivity contribution is 5.99. The fourth-order valence-electron chi connectivity index (χ4n) is 1.95. The van der Waals surface area contributed by atoms with Crippen molar-refractivity contribution >= 4 is 17.8 Å². The van der Waals surface area contributed by atoms with Crippen molar-refractivity contribution < 1.29 is 23.8 Å². The molecule has 0 bridgehead atoms. The quantitative estimate of drug-likeness (QED) is 0.444. The predicted octanol–water partition coefficient (Wildman–Crippen LogP) is 3.14. The third-order valence-corrected chi connectivity index (χ3v) is 3.26. The number of methoxy groups -OCH3 is 2. The van der Waals surface area contributed by atoms with Gasteiger partial charge in [-0.15, -0.1) is 0 Å². The molecule has 2 aromatic rings. The molecule has 0 atom stereocenters. The third-order valence-electron chi connectivity index (χ3n) is 3.26. The molecule has 0 fully saturated rings. The van der Waals surface area contributed by atoms with Gasteiger partial charge < -0.3 is 14.2 Å². The largest absolute Gasteiger partial charge is 0.497 e. The molecule has 0 amide bonds. The molecule has 5 nitrogen and oxygen atoms in total. The Bertz CT molecular complexity index is 732. The first-order chi connectivity index (χ1) is 11.6. The van der Waals surface area contributed by atoms with Crippen LogP contribution in [0.4, 0.5) is 0 Å². The van der Waals surface area contributed by atoms with Crippen LogP contribution in [0.25, 0.3) is 6.08 Å². The molecule has 5 heteroatoms. The Morgan fingerprint density at radius 3 is 2.33 bits per heavy atom. The van der Waals surface area contributed by atoms with Gasteiger partial charge in [0.1, 0.15) is 11.5 Å². The van der Waals surface area contributed by atoms with Gasteiger partial charge in [0.25, 0.3) is 0 Å². The summed E-state index contributed by atoms with van der Waals surface area (Å²) in [5.74, 6) is 0.491. The molecule has 0 saturated carbocycles. The Balaban J connectivity index is 1.87. The van der Waals surface area contributed by atoms with Crippen molar-refractivity contribution in [3.63, 3.8) is 0 Å². The van der Waals surface area contributed by atoms with E-state index in [-0.39, 0.29) is 12.4 Å². The minimum Gasteiger partial charge on any atom is -0.497 e. The summed E-state index contributed by atoms with van der Waals surface area (Å²) in [5.41, 5.74) is 1.26. The second-order valence-electron chi connectivity index (χ2n) is 4.87. The maximum absolute atomic E-state index is 11.9. The van der Waals surface area contributed by atoms with E-state index in [2.05, 4.69) is 0 Å². The molecule has 124 valence electrons. The summed E-state index contributed by atoms with van der Waals surface area (Å²) in [6.45, 7) is -0.312. The van der Waals surface area contributed by atoms with Crippen molar-refractivity contribution in [2.75, 3.05) is 20.8 Å². The zero-order valence-electron chi connectivity index (χ0n) is 13.5. The highest BCUT2D eigenvalue weighted by Gasteiger charge is 2.08. The number of esters is 1. The summed E-state index contributed by atoms with van der Waals surface area (Å²) < 4.78 is 15.1. The molecule has 0 N–H and O–H groups in total. The normalized spacial score (nSPS) is 10.4. The van der Waals surface area contributed by atoms with Gasteiger partial charge in [-0.3, -0.25) is 4.79 Å². The minimum atomic E-state index is -0.584. The predicted molar refractivity (Wildman–Crippen MR) is 90.3 cm³/mol. The summed E-state index contributed by atoms with van der Waals surface area (Å²) in [6.07, 6.45) is 2.87. The molecule has 0 heterocycles. The van der Waals surface area contributed by atoms with Crippen LogP contribution < -0.4 is 9.47 Å². The molecule has 0 aliphatic heterocycles. The van der Waals surface area contributed by atoms with E-state index in [4.69, 9.17) is 14.2 Å². The molecule has 0 aliphatic carbocycles. The second kappa shape index (κ2) is 8.53. The Kier molecular flexibility index (Phi) is 6.14. The lowest BCUT2D eigenvalue weighted by Crippen LogP contribution is -2.12. The lowest BCUT2D eigenvalue weighted by atomic mass is 10.1. The zero-order chi connectivity index (χ0) is 17.4. The Morgan fingerprint density at radius 1 is 0.958 bits per heavy atom. The van der Waals surface area contributed by atoms with Crippen LogP contribution in [0.2, 0.25) is 0 Å². The van der Waals surface area contributed by atoms with Crippen LogP contribution in [-0.2, 0) is 9.53 Å². The highest BCUT2D eigenvalue weighted by atomic mass is 16.5. The number of carbonyl (C=O) groups is 2. The molecule has 2 aromatic carbocycles. The molecule has 24 heavy (non-hydrogen) atoms. The lowest BCUT2D eigenvalue weighted by molar-refractivity contribution is -0.136. The fourth-order valence-corrected chi connectivity index (χ4v) is 1.95. The summed E-state index contributed by atoms with van der Waals surface area (Å²) in [5, 5.41) is 0. The summed E-state index contributed by atoms with van der Waals surface area (Å²) in [4.78, 5) is 23.6. The number of ketones is 1. The van der Waals surface area contributed by atoms with E-state index < -0.39 is 5.97 Å². The third kappa shape index (κ3) is 4.98. The molecule has 0 spiro atoms. The fraction of sp³-hybridized carbons (Fsp3) is 0.158. The number of Topliss-reactive ketones (excluding diaryl/α,β-unsaturated/α-hetero) is 1. The van der Waals surface area contributed by atoms with Crippen molar-refractivity contribution in [2.24, 2.45) is 0 Å². The smallest absolute Gasteiger partial charge is 0.331 e. The number of benzene rings is 2. The number of carbonyl (C=O) groups excluding carboxylic acids is 2. The Labute approximate surface area is 140 Å². The minimum absolute atomic E-state index is 0.277. The van der Waals surface area contributed by atoms with E-state index in [9.17, 15) is 9.59 Å². The standard InChI is InChI=1S/C19H18O5/c1-22-16-9-7-15(8-10-16)18(20)13-24-19(21)11-6-14-4-3-5-17(12-14)23-2/h3-12H,13H2,1-2H3/b11-6+. The van der Waals surface area contributed by atoms with Crippen molar-refractivity contribution in [3.8, 4) is 11.5 Å². The molecule has 0 radical (unpaired) electrons. The van der Waals surface area contributed by atoms with Gasteiger partial charge in [-0.25, -0.2) is 4.79 Å². The van der Waals surface area contributed by atoms with Crippen LogP contribution in [0, 0.1) is 0 Å². The van der Waals surface area contributed by atoms with Crippen LogP contribution in [0.1, 0.15) is 15.9 Å². The van der Waals surface area contributed by atoms with Gasteiger partial charge in [-0.1, -0.05) is 12.1 Å². The van der Waals surface area contributed by atoms with Crippen molar-refractivity contribution in [2.45, 2.75) is 0 Å². The van der Waals surface area contributed by atoms with Gasteiger partial charge in [-0.05, 0) is 48.0 Å². The SMILES string of the molecule is COc1ccc(C(=O)COC(=O)/C=C/c2cccc(OC)c2)cc1. The molecular weight excluding hydrogens is 308 g/mol. The zero-order valence-corrected chi connectivity index (χ0v) is 13.5. The van der Waals surface area contributed by atoms with Crippen LogP contribution in [0.3, 0.4) is 0 Å². The number of hydrogen-bond acceptors (Lipinski definition) is 5. The van der Waals surface area contributed by atoms with Crippen molar-refractivity contribution in [1.82, 2.24) is 0 Å². The van der Waals surface area contributed by atoms with E-state index in [0.29, 0.717) is 17.1 Å². The van der Waals surface area contributed by atoms with E-state index in [1.54, 1.807) is 50.6 Å². The van der Waals surface area contributed by atoms with Gasteiger partial charge in [0.2, 0.25) is 0 Å². The first-order valence-corrected chi connectivity index (χ1v) is 7.28. The number of hydrogen-bond donors (Lipinski definition) is 0. The monoisotopic (exact) mass is 326 g/mol. The highest BCUT2D eigenvalue weighted by Crippen LogP contribution is 2.14. The van der Waals surface area contributed by atoms with Crippen LogP contribution >= 0.6 is 0 Å². The summed E-state index contributed by atoms with van der Waals surface area (Å²) >= 11 is 0. The lowest BCUT2D eigenvalue weighted by Gasteiger charge is -2.03. The second-order valence-corrected chi connectivity index (χ2v) is 4.87. The first-order valence-electron chi connectivity index (χ1n) is 7.28. The van der Waals surface area contributed by atoms with E-state index in [1.165, 1.54) is 6.08 Å². The molecule has 0 aliphatic rings. The van der Waals surface area contributed by atoms with Crippen LogP contribution in [0.15, 0.2) is 54.6 Å². The average Bonchev–Trinajstić information content (AvgIpc) is 2.64. The van der Waals surface area contributed by atoms with Gasteiger partial charge in [-0.2, -0.15) is 0 Å². The van der Waals surface area contributed by atoms with Gasteiger partial charge in [0.15, 0.2) is 12.4 Å².